The van der Waals surface area contributed by atoms with E-state index in [9.17, 15) is 10.1 Å². The molecule has 1 aromatic carbocycles. The van der Waals surface area contributed by atoms with Gasteiger partial charge in [0, 0.05) is 12.1 Å². The fourth-order valence-electron chi connectivity index (χ4n) is 2.83. The molecule has 1 aliphatic rings. The number of carbonyl (C=O) groups excluding carboxylic acids is 1. The van der Waals surface area contributed by atoms with E-state index in [4.69, 9.17) is 0 Å². The Kier molecular flexibility index (Phi) is 5.43. The molecule has 1 aliphatic carbocycles. The molecule has 1 heterocycles. The number of nitrogens with one attached hydrogen (secondary N) is 1. The summed E-state index contributed by atoms with van der Waals surface area (Å²) in [5.41, 5.74) is 0.186. The number of hydrogen-bond donors (Lipinski definition) is 1. The number of allylic oxidation sites excluding steroid dienone is 1. The van der Waals surface area contributed by atoms with Crippen LogP contribution < -0.4 is 5.32 Å². The van der Waals surface area contributed by atoms with Gasteiger partial charge in [0.2, 0.25) is 5.91 Å². The summed E-state index contributed by atoms with van der Waals surface area (Å²) < 4.78 is 1.94. The number of hydrogen-bond acceptors (Lipinski definition) is 5. The predicted octanol–water partition coefficient (Wildman–Crippen LogP) is 3.03. The first-order valence-corrected chi connectivity index (χ1v) is 9.50. The summed E-state index contributed by atoms with van der Waals surface area (Å²) in [6.45, 7) is 6.14. The second kappa shape index (κ2) is 7.75. The van der Waals surface area contributed by atoms with Crippen molar-refractivity contribution in [3.8, 4) is 17.5 Å². The SMILES string of the molecule is C=CCn1c(SCC(=O)N[C@@](C)(C#N)C2CC2)nnc1-c1ccccc1. The van der Waals surface area contributed by atoms with Crippen molar-refractivity contribution in [1.82, 2.24) is 20.1 Å². The quantitative estimate of drug-likeness (QED) is 0.573. The van der Waals surface area contributed by atoms with Gasteiger partial charge < -0.3 is 5.32 Å². The lowest BCUT2D eigenvalue weighted by molar-refractivity contribution is -0.119. The van der Waals surface area contributed by atoms with Crippen molar-refractivity contribution in [2.24, 2.45) is 5.92 Å². The first-order valence-electron chi connectivity index (χ1n) is 8.52. The molecule has 0 saturated heterocycles. The van der Waals surface area contributed by atoms with Gasteiger partial charge in [-0.15, -0.1) is 16.8 Å². The number of nitriles is 1. The van der Waals surface area contributed by atoms with Gasteiger partial charge in [-0.2, -0.15) is 5.26 Å². The lowest BCUT2D eigenvalue weighted by Gasteiger charge is -2.22. The predicted molar refractivity (Wildman–Crippen MR) is 101 cm³/mol. The third-order valence-electron chi connectivity index (χ3n) is 4.42. The van der Waals surface area contributed by atoms with Crippen LogP contribution in [-0.2, 0) is 11.3 Å². The highest BCUT2D eigenvalue weighted by Gasteiger charge is 2.42. The molecule has 1 saturated carbocycles. The molecule has 0 aliphatic heterocycles. The molecule has 0 unspecified atom stereocenters. The first-order chi connectivity index (χ1) is 12.6. The van der Waals surface area contributed by atoms with Crippen molar-refractivity contribution in [2.45, 2.75) is 37.0 Å². The Morgan fingerprint density at radius 2 is 2.19 bits per heavy atom. The topological polar surface area (TPSA) is 83.6 Å². The molecule has 2 aromatic rings. The molecule has 0 bridgehead atoms. The zero-order valence-corrected chi connectivity index (χ0v) is 15.5. The van der Waals surface area contributed by atoms with Gasteiger partial charge >= 0.3 is 0 Å². The van der Waals surface area contributed by atoms with E-state index in [0.29, 0.717) is 11.7 Å². The number of amides is 1. The number of benzene rings is 1. The van der Waals surface area contributed by atoms with E-state index in [-0.39, 0.29) is 17.6 Å². The van der Waals surface area contributed by atoms with Crippen LogP contribution >= 0.6 is 11.8 Å². The number of aromatic nitrogens is 3. The normalized spacial score (nSPS) is 15.7. The van der Waals surface area contributed by atoms with Crippen LogP contribution in [0.15, 0.2) is 48.1 Å². The summed E-state index contributed by atoms with van der Waals surface area (Å²) in [5, 5.41) is 21.4. The van der Waals surface area contributed by atoms with E-state index in [0.717, 1.165) is 24.2 Å². The van der Waals surface area contributed by atoms with Crippen LogP contribution in [0.1, 0.15) is 19.8 Å². The van der Waals surface area contributed by atoms with Crippen LogP contribution in [0.2, 0.25) is 0 Å². The van der Waals surface area contributed by atoms with E-state index < -0.39 is 5.54 Å². The van der Waals surface area contributed by atoms with Gasteiger partial charge in [-0.3, -0.25) is 9.36 Å². The smallest absolute Gasteiger partial charge is 0.231 e. The Balaban J connectivity index is 1.70. The minimum Gasteiger partial charge on any atom is -0.337 e. The zero-order valence-electron chi connectivity index (χ0n) is 14.7. The van der Waals surface area contributed by atoms with E-state index in [1.54, 1.807) is 13.0 Å². The van der Waals surface area contributed by atoms with Crippen molar-refractivity contribution in [2.75, 3.05) is 5.75 Å². The van der Waals surface area contributed by atoms with Gasteiger partial charge in [0.05, 0.1) is 11.8 Å². The van der Waals surface area contributed by atoms with Crippen molar-refractivity contribution in [3.63, 3.8) is 0 Å². The van der Waals surface area contributed by atoms with Gasteiger partial charge in [0.1, 0.15) is 5.54 Å². The van der Waals surface area contributed by atoms with E-state index in [1.807, 2.05) is 34.9 Å². The summed E-state index contributed by atoms with van der Waals surface area (Å²) in [4.78, 5) is 12.3. The Morgan fingerprint density at radius 3 is 2.81 bits per heavy atom. The van der Waals surface area contributed by atoms with Gasteiger partial charge in [-0.1, -0.05) is 48.2 Å². The lowest BCUT2D eigenvalue weighted by Crippen LogP contribution is -2.47. The van der Waals surface area contributed by atoms with Crippen LogP contribution in [0, 0.1) is 17.2 Å². The van der Waals surface area contributed by atoms with Gasteiger partial charge in [0.15, 0.2) is 11.0 Å². The molecule has 1 atom stereocenters. The molecular weight excluding hydrogens is 346 g/mol. The Morgan fingerprint density at radius 1 is 1.46 bits per heavy atom. The molecule has 1 aromatic heterocycles. The van der Waals surface area contributed by atoms with E-state index >= 15 is 0 Å². The zero-order chi connectivity index (χ0) is 18.6. The summed E-state index contributed by atoms with van der Waals surface area (Å²) in [5.74, 6) is 1.03. The van der Waals surface area contributed by atoms with E-state index in [2.05, 4.69) is 28.2 Å². The van der Waals surface area contributed by atoms with E-state index in [1.165, 1.54) is 11.8 Å². The summed E-state index contributed by atoms with van der Waals surface area (Å²) in [6, 6.07) is 12.0. The minimum absolute atomic E-state index is 0.166. The fourth-order valence-corrected chi connectivity index (χ4v) is 3.58. The molecule has 0 radical (unpaired) electrons. The van der Waals surface area contributed by atoms with Crippen LogP contribution in [0.25, 0.3) is 11.4 Å². The summed E-state index contributed by atoms with van der Waals surface area (Å²) >= 11 is 1.31. The molecule has 1 fully saturated rings. The average Bonchev–Trinajstić information content (AvgIpc) is 3.44. The third-order valence-corrected chi connectivity index (χ3v) is 5.38. The molecule has 0 spiro atoms. The standard InChI is InChI=1S/C19H21N5OS/c1-3-11-24-17(14-7-5-4-6-8-14)22-23-18(24)26-12-16(25)21-19(2,13-20)15-9-10-15/h3-8,15H,1,9-12H2,2H3,(H,21,25)/t19-/m0/s1. The van der Waals surface area contributed by atoms with Crippen LogP contribution in [0.3, 0.4) is 0 Å². The molecule has 6 nitrogen and oxygen atoms in total. The fraction of sp³-hybridized carbons (Fsp3) is 0.368. The van der Waals surface area contributed by atoms with Crippen molar-refractivity contribution in [1.29, 1.82) is 5.26 Å². The molecule has 3 rings (SSSR count). The van der Waals surface area contributed by atoms with Crippen LogP contribution in [0.5, 0.6) is 0 Å². The molecule has 1 N–H and O–H groups in total. The molecule has 7 heteroatoms. The highest BCUT2D eigenvalue weighted by molar-refractivity contribution is 7.99. The Bertz CT molecular complexity index is 837. The van der Waals surface area contributed by atoms with Gasteiger partial charge in [-0.25, -0.2) is 0 Å². The number of thioether (sulfide) groups is 1. The van der Waals surface area contributed by atoms with Crippen molar-refractivity contribution in [3.05, 3.63) is 43.0 Å². The minimum atomic E-state index is -0.776. The largest absolute Gasteiger partial charge is 0.337 e. The summed E-state index contributed by atoms with van der Waals surface area (Å²) in [7, 11) is 0. The number of nitrogens with zero attached hydrogens (tertiary/aromatic N) is 4. The van der Waals surface area contributed by atoms with Gasteiger partial charge in [0.25, 0.3) is 0 Å². The maximum atomic E-state index is 12.3. The molecule has 1 amide bonds. The number of carbonyl (C=O) groups is 1. The molecule has 134 valence electrons. The third kappa shape index (κ3) is 3.97. The monoisotopic (exact) mass is 367 g/mol. The summed E-state index contributed by atoms with van der Waals surface area (Å²) in [6.07, 6.45) is 3.76. The highest BCUT2D eigenvalue weighted by Crippen LogP contribution is 2.39. The first kappa shape index (κ1) is 18.2. The molecule has 26 heavy (non-hydrogen) atoms. The van der Waals surface area contributed by atoms with Crippen LogP contribution in [-0.4, -0.2) is 32.0 Å². The van der Waals surface area contributed by atoms with Crippen molar-refractivity contribution < 1.29 is 4.79 Å². The van der Waals surface area contributed by atoms with Gasteiger partial charge in [-0.05, 0) is 25.7 Å². The Hall–Kier alpha value is -2.59. The number of rotatable bonds is 8. The average molecular weight is 367 g/mol. The second-order valence-electron chi connectivity index (χ2n) is 6.50. The van der Waals surface area contributed by atoms with Crippen molar-refractivity contribution >= 4 is 17.7 Å². The second-order valence-corrected chi connectivity index (χ2v) is 7.44. The van der Waals surface area contributed by atoms with Crippen LogP contribution in [0.4, 0.5) is 0 Å². The lowest BCUT2D eigenvalue weighted by atomic mass is 9.98. The maximum absolute atomic E-state index is 12.3. The highest BCUT2D eigenvalue weighted by atomic mass is 32.2. The Labute approximate surface area is 157 Å². The molecular formula is C19H21N5OS. The maximum Gasteiger partial charge on any atom is 0.231 e.